The largest absolute Gasteiger partial charge is 0.497 e. The number of ether oxygens (including phenoxy) is 2. The SMILES string of the molecule is COc1ccc(OC)c(CNc2cc(Br)ccc2F)c1. The van der Waals surface area contributed by atoms with Gasteiger partial charge in [0.25, 0.3) is 0 Å². The minimum atomic E-state index is -0.296. The van der Waals surface area contributed by atoms with Crippen LogP contribution in [0.25, 0.3) is 0 Å². The summed E-state index contributed by atoms with van der Waals surface area (Å²) >= 11 is 3.32. The van der Waals surface area contributed by atoms with E-state index in [1.807, 2.05) is 18.2 Å². The lowest BCUT2D eigenvalue weighted by Crippen LogP contribution is -2.03. The van der Waals surface area contributed by atoms with Crippen molar-refractivity contribution in [2.45, 2.75) is 6.54 Å². The highest BCUT2D eigenvalue weighted by molar-refractivity contribution is 9.10. The van der Waals surface area contributed by atoms with Crippen molar-refractivity contribution in [3.63, 3.8) is 0 Å². The number of benzene rings is 2. The lowest BCUT2D eigenvalue weighted by molar-refractivity contribution is 0.399. The third-order valence-corrected chi connectivity index (χ3v) is 3.38. The molecule has 0 fully saturated rings. The minimum absolute atomic E-state index is 0.296. The third-order valence-electron chi connectivity index (χ3n) is 2.89. The van der Waals surface area contributed by atoms with Crippen LogP contribution in [0.4, 0.5) is 10.1 Å². The second-order valence-electron chi connectivity index (χ2n) is 4.16. The van der Waals surface area contributed by atoms with Gasteiger partial charge in [0.1, 0.15) is 17.3 Å². The predicted molar refractivity (Wildman–Crippen MR) is 81.0 cm³/mol. The predicted octanol–water partition coefficient (Wildman–Crippen LogP) is 4.22. The first kappa shape index (κ1) is 14.7. The standard InChI is InChI=1S/C15H15BrFNO2/c1-19-12-4-6-15(20-2)10(7-12)9-18-14-8-11(16)3-5-13(14)17/h3-8,18H,9H2,1-2H3. The molecule has 2 rings (SSSR count). The molecule has 5 heteroatoms. The summed E-state index contributed by atoms with van der Waals surface area (Å²) in [6, 6.07) is 10.3. The normalized spacial score (nSPS) is 10.2. The molecule has 106 valence electrons. The Bertz CT molecular complexity index is 604. The topological polar surface area (TPSA) is 30.5 Å². The van der Waals surface area contributed by atoms with E-state index in [0.29, 0.717) is 12.2 Å². The Labute approximate surface area is 125 Å². The maximum absolute atomic E-state index is 13.7. The van der Waals surface area contributed by atoms with Crippen LogP contribution >= 0.6 is 15.9 Å². The van der Waals surface area contributed by atoms with Crippen LogP contribution in [-0.2, 0) is 6.54 Å². The summed E-state index contributed by atoms with van der Waals surface area (Å²) in [5.74, 6) is 1.17. The van der Waals surface area contributed by atoms with Crippen LogP contribution in [0.15, 0.2) is 40.9 Å². The van der Waals surface area contributed by atoms with Crippen LogP contribution in [0, 0.1) is 5.82 Å². The molecule has 0 radical (unpaired) electrons. The number of anilines is 1. The van der Waals surface area contributed by atoms with E-state index < -0.39 is 0 Å². The lowest BCUT2D eigenvalue weighted by Gasteiger charge is -2.12. The van der Waals surface area contributed by atoms with Crippen LogP contribution in [0.1, 0.15) is 5.56 Å². The highest BCUT2D eigenvalue weighted by Gasteiger charge is 2.07. The van der Waals surface area contributed by atoms with E-state index in [-0.39, 0.29) is 5.82 Å². The van der Waals surface area contributed by atoms with E-state index in [9.17, 15) is 4.39 Å². The van der Waals surface area contributed by atoms with Crippen molar-refractivity contribution in [3.05, 3.63) is 52.3 Å². The molecule has 0 saturated carbocycles. The van der Waals surface area contributed by atoms with E-state index in [4.69, 9.17) is 9.47 Å². The zero-order valence-corrected chi connectivity index (χ0v) is 12.8. The summed E-state index contributed by atoms with van der Waals surface area (Å²) < 4.78 is 25.0. The quantitative estimate of drug-likeness (QED) is 0.884. The molecule has 0 aliphatic heterocycles. The highest BCUT2D eigenvalue weighted by Crippen LogP contribution is 2.26. The summed E-state index contributed by atoms with van der Waals surface area (Å²) in [7, 11) is 3.21. The summed E-state index contributed by atoms with van der Waals surface area (Å²) in [6.45, 7) is 0.438. The fraction of sp³-hybridized carbons (Fsp3) is 0.200. The minimum Gasteiger partial charge on any atom is -0.497 e. The molecular weight excluding hydrogens is 325 g/mol. The fourth-order valence-electron chi connectivity index (χ4n) is 1.84. The molecule has 20 heavy (non-hydrogen) atoms. The van der Waals surface area contributed by atoms with Crippen LogP contribution < -0.4 is 14.8 Å². The number of rotatable bonds is 5. The van der Waals surface area contributed by atoms with Crippen molar-refractivity contribution < 1.29 is 13.9 Å². The molecule has 0 atom stereocenters. The molecule has 0 spiro atoms. The monoisotopic (exact) mass is 339 g/mol. The van der Waals surface area contributed by atoms with E-state index in [1.165, 1.54) is 6.07 Å². The first-order chi connectivity index (χ1) is 9.63. The Morgan fingerprint density at radius 2 is 1.90 bits per heavy atom. The molecule has 2 aromatic rings. The zero-order chi connectivity index (χ0) is 14.5. The Balaban J connectivity index is 2.19. The third kappa shape index (κ3) is 3.42. The summed E-state index contributed by atoms with van der Waals surface area (Å²) in [5.41, 5.74) is 1.33. The number of halogens is 2. The van der Waals surface area contributed by atoms with E-state index in [0.717, 1.165) is 21.5 Å². The maximum Gasteiger partial charge on any atom is 0.146 e. The molecule has 2 aromatic carbocycles. The lowest BCUT2D eigenvalue weighted by atomic mass is 10.2. The van der Waals surface area contributed by atoms with Crippen molar-refractivity contribution in [3.8, 4) is 11.5 Å². The number of hydrogen-bond acceptors (Lipinski definition) is 3. The second kappa shape index (κ2) is 6.61. The summed E-state index contributed by atoms with van der Waals surface area (Å²) in [4.78, 5) is 0. The molecule has 0 saturated heterocycles. The number of hydrogen-bond donors (Lipinski definition) is 1. The van der Waals surface area contributed by atoms with Crippen molar-refractivity contribution in [1.82, 2.24) is 0 Å². The highest BCUT2D eigenvalue weighted by atomic mass is 79.9. The van der Waals surface area contributed by atoms with Gasteiger partial charge in [-0.05, 0) is 36.4 Å². The summed E-state index contributed by atoms with van der Waals surface area (Å²) in [6.07, 6.45) is 0. The van der Waals surface area contributed by atoms with Gasteiger partial charge in [-0.1, -0.05) is 15.9 Å². The molecule has 0 aromatic heterocycles. The second-order valence-corrected chi connectivity index (χ2v) is 5.07. The van der Waals surface area contributed by atoms with E-state index in [1.54, 1.807) is 26.4 Å². The van der Waals surface area contributed by atoms with Crippen molar-refractivity contribution in [2.75, 3.05) is 19.5 Å². The Hall–Kier alpha value is -1.75. The van der Waals surface area contributed by atoms with Gasteiger partial charge in [0, 0.05) is 16.6 Å². The molecule has 0 bridgehead atoms. The Morgan fingerprint density at radius 3 is 2.60 bits per heavy atom. The average Bonchev–Trinajstić information content (AvgIpc) is 2.47. The van der Waals surface area contributed by atoms with Gasteiger partial charge in [-0.3, -0.25) is 0 Å². The van der Waals surface area contributed by atoms with Crippen LogP contribution in [0.5, 0.6) is 11.5 Å². The molecule has 0 heterocycles. The Kier molecular flexibility index (Phi) is 4.84. The van der Waals surface area contributed by atoms with Crippen molar-refractivity contribution in [2.24, 2.45) is 0 Å². The summed E-state index contributed by atoms with van der Waals surface area (Å²) in [5, 5.41) is 3.06. The van der Waals surface area contributed by atoms with E-state index >= 15 is 0 Å². The first-order valence-electron chi connectivity index (χ1n) is 6.04. The zero-order valence-electron chi connectivity index (χ0n) is 11.2. The van der Waals surface area contributed by atoms with Crippen molar-refractivity contribution >= 4 is 21.6 Å². The molecule has 0 aliphatic rings. The maximum atomic E-state index is 13.7. The smallest absolute Gasteiger partial charge is 0.146 e. The molecule has 3 nitrogen and oxygen atoms in total. The molecule has 0 unspecified atom stereocenters. The van der Waals surface area contributed by atoms with Crippen LogP contribution in [0.3, 0.4) is 0 Å². The van der Waals surface area contributed by atoms with Crippen molar-refractivity contribution in [1.29, 1.82) is 0 Å². The number of methoxy groups -OCH3 is 2. The van der Waals surface area contributed by atoms with E-state index in [2.05, 4.69) is 21.2 Å². The van der Waals surface area contributed by atoms with Gasteiger partial charge in [-0.25, -0.2) is 4.39 Å². The Morgan fingerprint density at radius 1 is 1.10 bits per heavy atom. The fourth-order valence-corrected chi connectivity index (χ4v) is 2.20. The van der Waals surface area contributed by atoms with Crippen LogP contribution in [0.2, 0.25) is 0 Å². The van der Waals surface area contributed by atoms with Gasteiger partial charge in [-0.2, -0.15) is 0 Å². The average molecular weight is 340 g/mol. The van der Waals surface area contributed by atoms with Crippen LogP contribution in [-0.4, -0.2) is 14.2 Å². The van der Waals surface area contributed by atoms with Gasteiger partial charge in [0.2, 0.25) is 0 Å². The van der Waals surface area contributed by atoms with Gasteiger partial charge in [0.05, 0.1) is 19.9 Å². The first-order valence-corrected chi connectivity index (χ1v) is 6.83. The van der Waals surface area contributed by atoms with Gasteiger partial charge in [-0.15, -0.1) is 0 Å². The molecule has 0 amide bonds. The molecule has 0 aliphatic carbocycles. The molecular formula is C15H15BrFNO2. The molecule has 1 N–H and O–H groups in total. The van der Waals surface area contributed by atoms with Gasteiger partial charge in [0.15, 0.2) is 0 Å². The van der Waals surface area contributed by atoms with Gasteiger partial charge >= 0.3 is 0 Å². The van der Waals surface area contributed by atoms with Gasteiger partial charge < -0.3 is 14.8 Å². The number of nitrogens with one attached hydrogen (secondary N) is 1.